The highest BCUT2D eigenvalue weighted by molar-refractivity contribution is 6.31. The van der Waals surface area contributed by atoms with E-state index < -0.39 is 0 Å². The Kier molecular flexibility index (Phi) is 4.11. The molecule has 2 aromatic carbocycles. The summed E-state index contributed by atoms with van der Waals surface area (Å²) in [4.78, 5) is 0. The van der Waals surface area contributed by atoms with E-state index in [1.165, 1.54) is 5.56 Å². The second-order valence-electron chi connectivity index (χ2n) is 4.11. The Labute approximate surface area is 113 Å². The quantitative estimate of drug-likeness (QED) is 0.888. The van der Waals surface area contributed by atoms with Crippen molar-refractivity contribution < 1.29 is 4.74 Å². The Balaban J connectivity index is 2.04. The highest BCUT2D eigenvalue weighted by Gasteiger charge is 2.01. The summed E-state index contributed by atoms with van der Waals surface area (Å²) in [5, 5.41) is 4.17. The van der Waals surface area contributed by atoms with Crippen molar-refractivity contribution in [2.45, 2.75) is 13.5 Å². The molecule has 2 nitrogen and oxygen atoms in total. The SMILES string of the molecule is COc1ccc(CNc2cccc(Cl)c2C)cc1. The van der Waals surface area contributed by atoms with Gasteiger partial charge in [-0.3, -0.25) is 0 Å². The van der Waals surface area contributed by atoms with Crippen LogP contribution in [0.15, 0.2) is 42.5 Å². The van der Waals surface area contributed by atoms with Crippen LogP contribution in [-0.2, 0) is 6.54 Å². The van der Waals surface area contributed by atoms with Gasteiger partial charge in [0.25, 0.3) is 0 Å². The molecule has 0 heterocycles. The first-order valence-electron chi connectivity index (χ1n) is 5.82. The molecule has 0 aromatic heterocycles. The van der Waals surface area contributed by atoms with Gasteiger partial charge in [-0.25, -0.2) is 0 Å². The zero-order valence-corrected chi connectivity index (χ0v) is 11.3. The molecule has 94 valence electrons. The Hall–Kier alpha value is -1.67. The minimum Gasteiger partial charge on any atom is -0.497 e. The van der Waals surface area contributed by atoms with Gasteiger partial charge in [-0.15, -0.1) is 0 Å². The number of halogens is 1. The molecule has 2 aromatic rings. The third-order valence-electron chi connectivity index (χ3n) is 2.91. The van der Waals surface area contributed by atoms with Gasteiger partial charge < -0.3 is 10.1 Å². The zero-order valence-electron chi connectivity index (χ0n) is 10.5. The van der Waals surface area contributed by atoms with Crippen LogP contribution in [0.3, 0.4) is 0 Å². The molecule has 0 atom stereocenters. The van der Waals surface area contributed by atoms with Gasteiger partial charge in [-0.05, 0) is 42.3 Å². The van der Waals surface area contributed by atoms with E-state index in [2.05, 4.69) is 5.32 Å². The summed E-state index contributed by atoms with van der Waals surface area (Å²) in [6.07, 6.45) is 0. The number of methoxy groups -OCH3 is 1. The van der Waals surface area contributed by atoms with Crippen LogP contribution in [0.4, 0.5) is 5.69 Å². The normalized spacial score (nSPS) is 10.2. The fourth-order valence-corrected chi connectivity index (χ4v) is 1.91. The van der Waals surface area contributed by atoms with Crippen LogP contribution in [0.5, 0.6) is 5.75 Å². The first-order valence-corrected chi connectivity index (χ1v) is 6.20. The Morgan fingerprint density at radius 3 is 2.50 bits per heavy atom. The molecule has 2 rings (SSSR count). The van der Waals surface area contributed by atoms with E-state index in [0.29, 0.717) is 0 Å². The van der Waals surface area contributed by atoms with Gasteiger partial charge >= 0.3 is 0 Å². The van der Waals surface area contributed by atoms with E-state index in [0.717, 1.165) is 28.6 Å². The van der Waals surface area contributed by atoms with Crippen LogP contribution in [0, 0.1) is 6.92 Å². The predicted molar refractivity (Wildman–Crippen MR) is 76.5 cm³/mol. The highest BCUT2D eigenvalue weighted by Crippen LogP contribution is 2.23. The maximum absolute atomic E-state index is 6.08. The van der Waals surface area contributed by atoms with E-state index in [1.807, 2.05) is 49.4 Å². The molecule has 0 amide bonds. The molecule has 0 aliphatic heterocycles. The van der Waals surface area contributed by atoms with E-state index in [4.69, 9.17) is 16.3 Å². The average Bonchev–Trinajstić information content (AvgIpc) is 2.41. The van der Waals surface area contributed by atoms with Crippen LogP contribution in [0.25, 0.3) is 0 Å². The number of nitrogens with one attached hydrogen (secondary N) is 1. The van der Waals surface area contributed by atoms with Gasteiger partial charge in [0.15, 0.2) is 0 Å². The Morgan fingerprint density at radius 1 is 1.11 bits per heavy atom. The molecular weight excluding hydrogens is 246 g/mol. The standard InChI is InChI=1S/C15H16ClNO/c1-11-14(16)4-3-5-15(11)17-10-12-6-8-13(18-2)9-7-12/h3-9,17H,10H2,1-2H3. The molecule has 0 radical (unpaired) electrons. The van der Waals surface area contributed by atoms with Crippen LogP contribution in [0.2, 0.25) is 5.02 Å². The van der Waals surface area contributed by atoms with Crippen LogP contribution in [-0.4, -0.2) is 7.11 Å². The van der Waals surface area contributed by atoms with Crippen molar-refractivity contribution in [3.63, 3.8) is 0 Å². The summed E-state index contributed by atoms with van der Waals surface area (Å²) in [5.74, 6) is 0.873. The minimum atomic E-state index is 0.769. The van der Waals surface area contributed by atoms with Crippen molar-refractivity contribution in [1.29, 1.82) is 0 Å². The Bertz CT molecular complexity index is 523. The van der Waals surface area contributed by atoms with Crippen molar-refractivity contribution in [1.82, 2.24) is 0 Å². The van der Waals surface area contributed by atoms with Crippen molar-refractivity contribution in [3.05, 3.63) is 58.6 Å². The van der Waals surface area contributed by atoms with Crippen LogP contribution >= 0.6 is 11.6 Å². The molecule has 0 fully saturated rings. The van der Waals surface area contributed by atoms with Crippen molar-refractivity contribution in [2.75, 3.05) is 12.4 Å². The van der Waals surface area contributed by atoms with E-state index in [1.54, 1.807) is 7.11 Å². The third-order valence-corrected chi connectivity index (χ3v) is 3.32. The first-order chi connectivity index (χ1) is 8.70. The van der Waals surface area contributed by atoms with E-state index in [-0.39, 0.29) is 0 Å². The minimum absolute atomic E-state index is 0.769. The van der Waals surface area contributed by atoms with Crippen LogP contribution in [0.1, 0.15) is 11.1 Å². The number of benzene rings is 2. The lowest BCUT2D eigenvalue weighted by Gasteiger charge is -2.11. The number of ether oxygens (including phenoxy) is 1. The lowest BCUT2D eigenvalue weighted by Crippen LogP contribution is -2.01. The van der Waals surface area contributed by atoms with Gasteiger partial charge in [-0.2, -0.15) is 0 Å². The molecule has 18 heavy (non-hydrogen) atoms. The summed E-state index contributed by atoms with van der Waals surface area (Å²) in [7, 11) is 1.67. The van der Waals surface area contributed by atoms with Gasteiger partial charge in [-0.1, -0.05) is 29.8 Å². The number of hydrogen-bond acceptors (Lipinski definition) is 2. The van der Waals surface area contributed by atoms with Crippen LogP contribution < -0.4 is 10.1 Å². The summed E-state index contributed by atoms with van der Waals surface area (Å²) in [6.45, 7) is 2.78. The van der Waals surface area contributed by atoms with Crippen molar-refractivity contribution >= 4 is 17.3 Å². The number of hydrogen-bond donors (Lipinski definition) is 1. The number of rotatable bonds is 4. The third kappa shape index (κ3) is 2.96. The summed E-state index contributed by atoms with van der Waals surface area (Å²) >= 11 is 6.08. The lowest BCUT2D eigenvalue weighted by atomic mass is 10.1. The maximum atomic E-state index is 6.08. The average molecular weight is 262 g/mol. The van der Waals surface area contributed by atoms with E-state index in [9.17, 15) is 0 Å². The molecule has 0 aliphatic rings. The Morgan fingerprint density at radius 2 is 1.83 bits per heavy atom. The largest absolute Gasteiger partial charge is 0.497 e. The topological polar surface area (TPSA) is 21.3 Å². The summed E-state index contributed by atoms with van der Waals surface area (Å²) in [6, 6.07) is 13.9. The molecule has 0 saturated carbocycles. The van der Waals surface area contributed by atoms with E-state index >= 15 is 0 Å². The molecule has 0 unspecified atom stereocenters. The maximum Gasteiger partial charge on any atom is 0.118 e. The highest BCUT2D eigenvalue weighted by atomic mass is 35.5. The molecule has 1 N–H and O–H groups in total. The molecule has 0 aliphatic carbocycles. The van der Waals surface area contributed by atoms with Gasteiger partial charge in [0.2, 0.25) is 0 Å². The molecule has 0 bridgehead atoms. The van der Waals surface area contributed by atoms with Crippen molar-refractivity contribution in [3.8, 4) is 5.75 Å². The van der Waals surface area contributed by atoms with Crippen molar-refractivity contribution in [2.24, 2.45) is 0 Å². The van der Waals surface area contributed by atoms with Gasteiger partial charge in [0, 0.05) is 17.3 Å². The molecule has 0 spiro atoms. The first kappa shape index (κ1) is 12.8. The second-order valence-corrected chi connectivity index (χ2v) is 4.52. The monoisotopic (exact) mass is 261 g/mol. The predicted octanol–water partition coefficient (Wildman–Crippen LogP) is 4.27. The second kappa shape index (κ2) is 5.78. The zero-order chi connectivity index (χ0) is 13.0. The molecule has 3 heteroatoms. The lowest BCUT2D eigenvalue weighted by molar-refractivity contribution is 0.414. The fraction of sp³-hybridized carbons (Fsp3) is 0.200. The smallest absolute Gasteiger partial charge is 0.118 e. The van der Waals surface area contributed by atoms with Gasteiger partial charge in [0.05, 0.1) is 7.11 Å². The molecular formula is C15H16ClNO. The fourth-order valence-electron chi connectivity index (χ4n) is 1.74. The summed E-state index contributed by atoms with van der Waals surface area (Å²) < 4.78 is 5.13. The summed E-state index contributed by atoms with van der Waals surface area (Å²) in [5.41, 5.74) is 3.35. The molecule has 0 saturated heterocycles. The number of anilines is 1. The van der Waals surface area contributed by atoms with Gasteiger partial charge in [0.1, 0.15) is 5.75 Å².